The number of urea groups is 1. The maximum atomic E-state index is 12.5. The predicted molar refractivity (Wildman–Crippen MR) is 109 cm³/mol. The second kappa shape index (κ2) is 10.4. The number of hydrogen-bond acceptors (Lipinski definition) is 6. The van der Waals surface area contributed by atoms with Crippen molar-refractivity contribution in [3.05, 3.63) is 23.3 Å². The highest BCUT2D eigenvalue weighted by atomic mass is 16.5. The third-order valence-corrected chi connectivity index (χ3v) is 4.84. The van der Waals surface area contributed by atoms with E-state index >= 15 is 0 Å². The molecule has 2 rings (SSSR count). The van der Waals surface area contributed by atoms with Crippen LogP contribution in [0.15, 0.2) is 12.1 Å². The van der Waals surface area contributed by atoms with E-state index in [-0.39, 0.29) is 18.5 Å². The van der Waals surface area contributed by atoms with Gasteiger partial charge in [0, 0.05) is 13.1 Å². The Balaban J connectivity index is 1.91. The van der Waals surface area contributed by atoms with Crippen molar-refractivity contribution in [3.8, 4) is 11.5 Å². The topological polar surface area (TPSA) is 120 Å². The molecule has 0 spiro atoms. The van der Waals surface area contributed by atoms with Crippen molar-refractivity contribution in [1.29, 1.82) is 0 Å². The lowest BCUT2D eigenvalue weighted by atomic mass is 9.75. The number of amides is 3. The smallest absolute Gasteiger partial charge is 0.475 e. The summed E-state index contributed by atoms with van der Waals surface area (Å²) in [6, 6.07) is 3.43. The van der Waals surface area contributed by atoms with Crippen molar-refractivity contribution in [2.45, 2.75) is 39.2 Å². The number of carbonyl (C=O) groups excluding carboxylic acids is 2. The quantitative estimate of drug-likeness (QED) is 0.461. The standard InChI is InChI=1S/C19H30BN3O6/c1-12(2)7-17(20(26)27)22-18(24)10-21-19(25)23-6-5-13-8-15(28-3)16(29-4)9-14(13)11-23/h8-9,12,17,26-27H,5-7,10-11H2,1-4H3,(H,21,25)(H,22,24)/t17-/m0/s1. The molecule has 1 aliphatic rings. The van der Waals surface area contributed by atoms with E-state index in [9.17, 15) is 19.6 Å². The van der Waals surface area contributed by atoms with Crippen molar-refractivity contribution < 1.29 is 29.1 Å². The van der Waals surface area contributed by atoms with E-state index in [4.69, 9.17) is 9.47 Å². The Morgan fingerprint density at radius 2 is 1.79 bits per heavy atom. The van der Waals surface area contributed by atoms with Crippen molar-refractivity contribution in [3.63, 3.8) is 0 Å². The number of ether oxygens (including phenoxy) is 2. The number of carbonyl (C=O) groups is 2. The van der Waals surface area contributed by atoms with Gasteiger partial charge in [0.1, 0.15) is 0 Å². The second-order valence-corrected chi connectivity index (χ2v) is 7.52. The third-order valence-electron chi connectivity index (χ3n) is 4.84. The van der Waals surface area contributed by atoms with Crippen LogP contribution in [0.4, 0.5) is 4.79 Å². The average molecular weight is 407 g/mol. The summed E-state index contributed by atoms with van der Waals surface area (Å²) in [5.74, 6) is 0.194. The number of benzene rings is 1. The number of methoxy groups -OCH3 is 2. The van der Waals surface area contributed by atoms with Gasteiger partial charge in [0.25, 0.3) is 0 Å². The lowest BCUT2D eigenvalue weighted by molar-refractivity contribution is -0.120. The lowest BCUT2D eigenvalue weighted by Gasteiger charge is -2.29. The molecule has 0 saturated heterocycles. The zero-order valence-electron chi connectivity index (χ0n) is 17.4. The van der Waals surface area contributed by atoms with Crippen LogP contribution in [0.25, 0.3) is 0 Å². The maximum Gasteiger partial charge on any atom is 0.475 e. The molecule has 0 aliphatic carbocycles. The van der Waals surface area contributed by atoms with Gasteiger partial charge >= 0.3 is 13.1 Å². The molecule has 0 aromatic heterocycles. The normalized spacial score (nSPS) is 14.1. The molecule has 1 aromatic rings. The van der Waals surface area contributed by atoms with Crippen LogP contribution in [0.1, 0.15) is 31.4 Å². The molecule has 10 heteroatoms. The number of rotatable bonds is 8. The molecule has 0 saturated carbocycles. The molecule has 4 N–H and O–H groups in total. The van der Waals surface area contributed by atoms with Gasteiger partial charge in [-0.15, -0.1) is 0 Å². The van der Waals surface area contributed by atoms with E-state index in [2.05, 4.69) is 10.6 Å². The van der Waals surface area contributed by atoms with Crippen LogP contribution in [-0.4, -0.2) is 67.3 Å². The summed E-state index contributed by atoms with van der Waals surface area (Å²) >= 11 is 0. The van der Waals surface area contributed by atoms with Gasteiger partial charge in [-0.2, -0.15) is 0 Å². The fourth-order valence-corrected chi connectivity index (χ4v) is 3.35. The Kier molecular flexibility index (Phi) is 8.15. The number of nitrogens with one attached hydrogen (secondary N) is 2. The summed E-state index contributed by atoms with van der Waals surface area (Å²) in [6.07, 6.45) is 1.09. The highest BCUT2D eigenvalue weighted by Gasteiger charge is 2.27. The van der Waals surface area contributed by atoms with Crippen LogP contribution < -0.4 is 20.1 Å². The van der Waals surface area contributed by atoms with Gasteiger partial charge in [0.15, 0.2) is 11.5 Å². The number of fused-ring (bicyclic) bond motifs is 1. The molecule has 160 valence electrons. The summed E-state index contributed by atoms with van der Waals surface area (Å²) in [5, 5.41) is 23.9. The van der Waals surface area contributed by atoms with E-state index in [1.165, 1.54) is 0 Å². The SMILES string of the molecule is COc1cc2c(cc1OC)CN(C(=O)NCC(=O)N[C@@H](CC(C)C)B(O)O)CC2. The minimum Gasteiger partial charge on any atom is -0.493 e. The molecule has 0 unspecified atom stereocenters. The molecule has 0 radical (unpaired) electrons. The van der Waals surface area contributed by atoms with Crippen LogP contribution >= 0.6 is 0 Å². The summed E-state index contributed by atoms with van der Waals surface area (Å²) in [4.78, 5) is 26.2. The Hall–Kier alpha value is -2.46. The Morgan fingerprint density at radius 3 is 2.34 bits per heavy atom. The Bertz CT molecular complexity index is 728. The molecular formula is C19H30BN3O6. The molecule has 1 aliphatic heterocycles. The van der Waals surface area contributed by atoms with Gasteiger partial charge in [0.05, 0.1) is 26.7 Å². The molecule has 29 heavy (non-hydrogen) atoms. The summed E-state index contributed by atoms with van der Waals surface area (Å²) in [5.41, 5.74) is 2.06. The van der Waals surface area contributed by atoms with Gasteiger partial charge in [-0.05, 0) is 42.0 Å². The van der Waals surface area contributed by atoms with Crippen LogP contribution in [0.5, 0.6) is 11.5 Å². The van der Waals surface area contributed by atoms with Crippen LogP contribution in [0.2, 0.25) is 0 Å². The van der Waals surface area contributed by atoms with Crippen LogP contribution in [-0.2, 0) is 17.8 Å². The lowest BCUT2D eigenvalue weighted by Crippen LogP contribution is -2.51. The molecule has 9 nitrogen and oxygen atoms in total. The fourth-order valence-electron chi connectivity index (χ4n) is 3.35. The van der Waals surface area contributed by atoms with Crippen molar-refractivity contribution in [2.75, 3.05) is 27.3 Å². The van der Waals surface area contributed by atoms with Gasteiger partial charge < -0.3 is 35.1 Å². The molecule has 0 bridgehead atoms. The predicted octanol–water partition coefficient (Wildman–Crippen LogP) is 0.314. The molecule has 3 amide bonds. The average Bonchev–Trinajstić information content (AvgIpc) is 2.69. The number of hydrogen-bond donors (Lipinski definition) is 4. The largest absolute Gasteiger partial charge is 0.493 e. The molecule has 0 fully saturated rings. The van der Waals surface area contributed by atoms with Crippen LogP contribution in [0, 0.1) is 5.92 Å². The summed E-state index contributed by atoms with van der Waals surface area (Å²) in [7, 11) is 1.49. The van der Waals surface area contributed by atoms with E-state index in [0.717, 1.165) is 11.1 Å². The first-order valence-corrected chi connectivity index (χ1v) is 9.67. The summed E-state index contributed by atoms with van der Waals surface area (Å²) < 4.78 is 10.6. The monoisotopic (exact) mass is 407 g/mol. The van der Waals surface area contributed by atoms with Crippen molar-refractivity contribution >= 4 is 19.1 Å². The van der Waals surface area contributed by atoms with Crippen molar-refractivity contribution in [2.24, 2.45) is 5.92 Å². The zero-order chi connectivity index (χ0) is 21.6. The molecule has 1 aromatic carbocycles. The summed E-state index contributed by atoms with van der Waals surface area (Å²) in [6.45, 7) is 4.51. The molecule has 1 heterocycles. The van der Waals surface area contributed by atoms with Gasteiger partial charge in [-0.25, -0.2) is 4.79 Å². The van der Waals surface area contributed by atoms with Crippen LogP contribution in [0.3, 0.4) is 0 Å². The van der Waals surface area contributed by atoms with Gasteiger partial charge in [-0.1, -0.05) is 13.8 Å². The highest BCUT2D eigenvalue weighted by Crippen LogP contribution is 2.33. The second-order valence-electron chi connectivity index (χ2n) is 7.52. The highest BCUT2D eigenvalue weighted by molar-refractivity contribution is 6.43. The van der Waals surface area contributed by atoms with E-state index < -0.39 is 19.0 Å². The Morgan fingerprint density at radius 1 is 1.17 bits per heavy atom. The van der Waals surface area contributed by atoms with E-state index in [1.54, 1.807) is 19.1 Å². The fraction of sp³-hybridized carbons (Fsp3) is 0.579. The minimum absolute atomic E-state index is 0.181. The minimum atomic E-state index is -1.65. The van der Waals surface area contributed by atoms with Crippen molar-refractivity contribution in [1.82, 2.24) is 15.5 Å². The zero-order valence-corrected chi connectivity index (χ0v) is 17.4. The van der Waals surface area contributed by atoms with Gasteiger partial charge in [-0.3, -0.25) is 4.79 Å². The number of nitrogens with zero attached hydrogens (tertiary/aromatic N) is 1. The van der Waals surface area contributed by atoms with E-state index in [1.807, 2.05) is 26.0 Å². The molecule has 1 atom stereocenters. The Labute approximate surface area is 171 Å². The van der Waals surface area contributed by atoms with Gasteiger partial charge in [0.2, 0.25) is 5.91 Å². The third kappa shape index (κ3) is 6.26. The first kappa shape index (κ1) is 22.8. The van der Waals surface area contributed by atoms with E-state index in [0.29, 0.717) is 37.4 Å². The first-order chi connectivity index (χ1) is 13.7. The first-order valence-electron chi connectivity index (χ1n) is 9.67. The maximum absolute atomic E-state index is 12.5. The molecular weight excluding hydrogens is 377 g/mol.